The van der Waals surface area contributed by atoms with Gasteiger partial charge in [0, 0.05) is 29.6 Å². The molecule has 160 valence electrons. The topological polar surface area (TPSA) is 56.4 Å². The van der Waals surface area contributed by atoms with Gasteiger partial charge in [0.1, 0.15) is 6.04 Å². The number of para-hydroxylation sites is 1. The van der Waals surface area contributed by atoms with Crippen LogP contribution in [0.15, 0.2) is 54.6 Å². The van der Waals surface area contributed by atoms with Gasteiger partial charge >= 0.3 is 0 Å². The van der Waals surface area contributed by atoms with Crippen LogP contribution in [0.3, 0.4) is 0 Å². The zero-order valence-electron chi connectivity index (χ0n) is 18.0. The maximum Gasteiger partial charge on any atom is 0.246 e. The molecular formula is C26H29N3O2. The number of rotatable bonds is 6. The van der Waals surface area contributed by atoms with Crippen LogP contribution in [-0.2, 0) is 16.0 Å². The normalized spacial score (nSPS) is 20.8. The molecule has 5 heteroatoms. The van der Waals surface area contributed by atoms with E-state index in [-0.39, 0.29) is 24.4 Å². The summed E-state index contributed by atoms with van der Waals surface area (Å²) in [5.74, 6) is 0.131. The summed E-state index contributed by atoms with van der Waals surface area (Å²) >= 11 is 0. The lowest BCUT2D eigenvalue weighted by atomic mass is 9.86. The van der Waals surface area contributed by atoms with E-state index in [2.05, 4.69) is 36.2 Å². The number of piperazine rings is 1. The van der Waals surface area contributed by atoms with Crippen molar-refractivity contribution in [3.63, 3.8) is 0 Å². The number of aromatic amines is 1. The van der Waals surface area contributed by atoms with Crippen molar-refractivity contribution in [2.45, 2.75) is 51.1 Å². The van der Waals surface area contributed by atoms with Gasteiger partial charge in [0.15, 0.2) is 0 Å². The maximum absolute atomic E-state index is 13.5. The van der Waals surface area contributed by atoms with Crippen LogP contribution in [0.2, 0.25) is 0 Å². The number of carbonyl (C=O) groups is 2. The molecule has 2 atom stereocenters. The summed E-state index contributed by atoms with van der Waals surface area (Å²) in [7, 11) is 0. The van der Waals surface area contributed by atoms with Gasteiger partial charge in [-0.25, -0.2) is 0 Å². The largest absolute Gasteiger partial charge is 0.356 e. The van der Waals surface area contributed by atoms with Gasteiger partial charge in [-0.1, -0.05) is 74.7 Å². The van der Waals surface area contributed by atoms with Crippen LogP contribution in [0.4, 0.5) is 0 Å². The number of benzene rings is 2. The molecule has 3 aromatic rings. The summed E-state index contributed by atoms with van der Waals surface area (Å²) < 4.78 is 0. The average molecular weight is 416 g/mol. The zero-order valence-corrected chi connectivity index (χ0v) is 18.0. The highest BCUT2D eigenvalue weighted by molar-refractivity contribution is 5.97. The van der Waals surface area contributed by atoms with E-state index in [0.29, 0.717) is 13.0 Å². The third-order valence-corrected chi connectivity index (χ3v) is 6.74. The Morgan fingerprint density at radius 1 is 0.968 bits per heavy atom. The fraction of sp³-hybridized carbons (Fsp3) is 0.385. The van der Waals surface area contributed by atoms with E-state index in [1.165, 1.54) is 12.0 Å². The van der Waals surface area contributed by atoms with Crippen molar-refractivity contribution in [3.05, 3.63) is 71.4 Å². The van der Waals surface area contributed by atoms with Gasteiger partial charge in [-0.05, 0) is 23.6 Å². The summed E-state index contributed by atoms with van der Waals surface area (Å²) in [6.07, 6.45) is 4.95. The molecule has 31 heavy (non-hydrogen) atoms. The number of nitrogens with one attached hydrogen (secondary N) is 1. The van der Waals surface area contributed by atoms with E-state index < -0.39 is 6.04 Å². The smallest absolute Gasteiger partial charge is 0.246 e. The molecule has 1 fully saturated rings. The van der Waals surface area contributed by atoms with Crippen LogP contribution in [0.1, 0.15) is 55.5 Å². The third kappa shape index (κ3) is 3.42. The van der Waals surface area contributed by atoms with Crippen LogP contribution in [0, 0.1) is 0 Å². The van der Waals surface area contributed by atoms with E-state index in [4.69, 9.17) is 0 Å². The standard InChI is InChI=1S/C26H29N3O2/c1-2-3-4-10-15-28-17-23(30)29-22(26(28)31)16-20-19-13-8-9-14-21(19)27-24(20)25(29)18-11-6-5-7-12-18/h5-9,11-14,22,25,27H,2-4,10,15-17H2,1H3. The van der Waals surface area contributed by atoms with Gasteiger partial charge in [0.25, 0.3) is 0 Å². The van der Waals surface area contributed by atoms with E-state index in [9.17, 15) is 9.59 Å². The minimum atomic E-state index is -0.440. The van der Waals surface area contributed by atoms with Gasteiger partial charge in [-0.2, -0.15) is 0 Å². The predicted octanol–water partition coefficient (Wildman–Crippen LogP) is 4.43. The number of nitrogens with zero attached hydrogens (tertiary/aromatic N) is 2. The monoisotopic (exact) mass is 415 g/mol. The number of carbonyl (C=O) groups excluding carboxylic acids is 2. The average Bonchev–Trinajstić information content (AvgIpc) is 3.17. The van der Waals surface area contributed by atoms with Crippen molar-refractivity contribution in [2.75, 3.05) is 13.1 Å². The zero-order chi connectivity index (χ0) is 21.4. The molecule has 2 unspecified atom stereocenters. The maximum atomic E-state index is 13.5. The molecule has 2 aromatic carbocycles. The Morgan fingerprint density at radius 2 is 1.74 bits per heavy atom. The van der Waals surface area contributed by atoms with E-state index in [1.807, 2.05) is 35.2 Å². The molecule has 2 aliphatic heterocycles. The van der Waals surface area contributed by atoms with Crippen molar-refractivity contribution >= 4 is 22.7 Å². The second-order valence-corrected chi connectivity index (χ2v) is 8.72. The molecule has 1 saturated heterocycles. The first kappa shape index (κ1) is 19.9. The van der Waals surface area contributed by atoms with Crippen molar-refractivity contribution in [2.24, 2.45) is 0 Å². The van der Waals surface area contributed by atoms with Crippen LogP contribution in [0.5, 0.6) is 0 Å². The summed E-state index contributed by atoms with van der Waals surface area (Å²) in [6.45, 7) is 3.03. The summed E-state index contributed by atoms with van der Waals surface area (Å²) in [5, 5.41) is 1.15. The number of unbranched alkanes of at least 4 members (excludes halogenated alkanes) is 3. The van der Waals surface area contributed by atoms with Gasteiger partial charge < -0.3 is 14.8 Å². The minimum Gasteiger partial charge on any atom is -0.356 e. The number of hydrogen-bond acceptors (Lipinski definition) is 2. The molecule has 0 spiro atoms. The molecule has 1 aromatic heterocycles. The van der Waals surface area contributed by atoms with Crippen LogP contribution in [0.25, 0.3) is 10.9 Å². The Kier molecular flexibility index (Phi) is 5.26. The molecule has 2 aliphatic rings. The van der Waals surface area contributed by atoms with Crippen molar-refractivity contribution in [3.8, 4) is 0 Å². The molecule has 5 nitrogen and oxygen atoms in total. The molecule has 3 heterocycles. The van der Waals surface area contributed by atoms with Gasteiger partial charge in [-0.3, -0.25) is 9.59 Å². The molecule has 1 N–H and O–H groups in total. The van der Waals surface area contributed by atoms with Crippen molar-refractivity contribution in [1.82, 2.24) is 14.8 Å². The lowest BCUT2D eigenvalue weighted by Gasteiger charge is -2.47. The molecule has 0 bridgehead atoms. The number of aromatic nitrogens is 1. The Bertz CT molecular complexity index is 1100. The van der Waals surface area contributed by atoms with E-state index >= 15 is 0 Å². The number of amides is 2. The van der Waals surface area contributed by atoms with Crippen LogP contribution < -0.4 is 0 Å². The number of hydrogen-bond donors (Lipinski definition) is 1. The van der Waals surface area contributed by atoms with Crippen molar-refractivity contribution < 1.29 is 9.59 Å². The van der Waals surface area contributed by atoms with Crippen LogP contribution in [-0.4, -0.2) is 45.7 Å². The second kappa shape index (κ2) is 8.22. The first-order chi connectivity index (χ1) is 15.2. The minimum absolute atomic E-state index is 0.0400. The second-order valence-electron chi connectivity index (χ2n) is 8.72. The number of H-pyrrole nitrogens is 1. The number of fused-ring (bicyclic) bond motifs is 4. The van der Waals surface area contributed by atoms with Gasteiger partial charge in [0.05, 0.1) is 12.6 Å². The Balaban J connectivity index is 1.55. The predicted molar refractivity (Wildman–Crippen MR) is 122 cm³/mol. The summed E-state index contributed by atoms with van der Waals surface area (Å²) in [4.78, 5) is 34.1. The molecule has 5 rings (SSSR count). The fourth-order valence-corrected chi connectivity index (χ4v) is 5.22. The summed E-state index contributed by atoms with van der Waals surface area (Å²) in [6, 6.07) is 17.6. The van der Waals surface area contributed by atoms with Gasteiger partial charge in [0.2, 0.25) is 11.8 Å². The molecular weight excluding hydrogens is 386 g/mol. The van der Waals surface area contributed by atoms with E-state index in [1.54, 1.807) is 4.90 Å². The SMILES string of the molecule is CCCCCCN1CC(=O)N2C(Cc3c([nH]c4ccccc34)C2c2ccccc2)C1=O. The van der Waals surface area contributed by atoms with E-state index in [0.717, 1.165) is 41.4 Å². The van der Waals surface area contributed by atoms with Crippen LogP contribution >= 0.6 is 0 Å². The summed E-state index contributed by atoms with van der Waals surface area (Å²) in [5.41, 5.74) is 4.31. The molecule has 0 radical (unpaired) electrons. The molecule has 0 saturated carbocycles. The lowest BCUT2D eigenvalue weighted by molar-refractivity contribution is -0.158. The van der Waals surface area contributed by atoms with Gasteiger partial charge in [-0.15, -0.1) is 0 Å². The Labute approximate surface area is 183 Å². The lowest BCUT2D eigenvalue weighted by Crippen LogP contribution is -2.63. The third-order valence-electron chi connectivity index (χ3n) is 6.74. The molecule has 2 amide bonds. The Hall–Kier alpha value is -3.08. The quantitative estimate of drug-likeness (QED) is 0.606. The molecule has 0 aliphatic carbocycles. The van der Waals surface area contributed by atoms with Crippen molar-refractivity contribution in [1.29, 1.82) is 0 Å². The highest BCUT2D eigenvalue weighted by Crippen LogP contribution is 2.42. The highest BCUT2D eigenvalue weighted by atomic mass is 16.2. The highest BCUT2D eigenvalue weighted by Gasteiger charge is 2.47. The first-order valence-corrected chi connectivity index (χ1v) is 11.4. The fourth-order valence-electron chi connectivity index (χ4n) is 5.22. The Morgan fingerprint density at radius 3 is 2.55 bits per heavy atom. The first-order valence-electron chi connectivity index (χ1n) is 11.4.